The number of benzene rings is 3. The van der Waals surface area contributed by atoms with Crippen molar-refractivity contribution in [2.45, 2.75) is 26.3 Å². The molecule has 0 saturated heterocycles. The third kappa shape index (κ3) is 4.47. The fourth-order valence-electron chi connectivity index (χ4n) is 4.12. The Morgan fingerprint density at radius 2 is 1.53 bits per heavy atom. The second kappa shape index (κ2) is 9.57. The highest BCUT2D eigenvalue weighted by molar-refractivity contribution is 7.22. The predicted molar refractivity (Wildman–Crippen MR) is 139 cm³/mol. The summed E-state index contributed by atoms with van der Waals surface area (Å²) in [5, 5.41) is 0.700. The van der Waals surface area contributed by atoms with E-state index in [-0.39, 0.29) is 5.91 Å². The standard InChI is InChI=1S/C29H25N3OS/c1-20-16-25-26(17-21(20)2)34-29(31-25)32(19-22-10-9-15-30-18-22)28(33)27(23-11-5-3-6-12-23)24-13-7-4-8-14-24/h3-18,27H,19H2,1-2H3. The summed E-state index contributed by atoms with van der Waals surface area (Å²) >= 11 is 1.56. The summed E-state index contributed by atoms with van der Waals surface area (Å²) in [5.74, 6) is -0.441. The molecule has 168 valence electrons. The molecule has 0 N–H and O–H groups in total. The van der Waals surface area contributed by atoms with Gasteiger partial charge in [-0.25, -0.2) is 4.98 Å². The maximum Gasteiger partial charge on any atom is 0.241 e. The van der Waals surface area contributed by atoms with E-state index in [2.05, 4.69) is 31.0 Å². The molecule has 0 fully saturated rings. The number of hydrogen-bond acceptors (Lipinski definition) is 4. The summed E-state index contributed by atoms with van der Waals surface area (Å²) in [5.41, 5.74) is 6.22. The van der Waals surface area contributed by atoms with Crippen molar-refractivity contribution in [1.29, 1.82) is 0 Å². The maximum absolute atomic E-state index is 14.3. The van der Waals surface area contributed by atoms with Crippen molar-refractivity contribution in [3.63, 3.8) is 0 Å². The first-order chi connectivity index (χ1) is 16.6. The number of nitrogens with zero attached hydrogens (tertiary/aromatic N) is 3. The number of carbonyl (C=O) groups is 1. The molecule has 1 amide bonds. The van der Waals surface area contributed by atoms with Gasteiger partial charge in [0.2, 0.25) is 5.91 Å². The van der Waals surface area contributed by atoms with Gasteiger partial charge in [0.15, 0.2) is 5.13 Å². The van der Waals surface area contributed by atoms with E-state index in [1.54, 1.807) is 17.5 Å². The Kier molecular flexibility index (Phi) is 6.19. The lowest BCUT2D eigenvalue weighted by atomic mass is 9.90. The monoisotopic (exact) mass is 463 g/mol. The number of hydrogen-bond donors (Lipinski definition) is 0. The molecular formula is C29H25N3OS. The third-order valence-electron chi connectivity index (χ3n) is 6.07. The lowest BCUT2D eigenvalue weighted by Gasteiger charge is -2.26. The highest BCUT2D eigenvalue weighted by Gasteiger charge is 2.30. The molecule has 34 heavy (non-hydrogen) atoms. The number of pyridine rings is 1. The number of carbonyl (C=O) groups excluding carboxylic acids is 1. The van der Waals surface area contributed by atoms with Crippen LogP contribution in [0.2, 0.25) is 0 Å². The first-order valence-electron chi connectivity index (χ1n) is 11.3. The molecule has 0 aliphatic carbocycles. The highest BCUT2D eigenvalue weighted by atomic mass is 32.1. The van der Waals surface area contributed by atoms with Gasteiger partial charge in [-0.05, 0) is 59.9 Å². The highest BCUT2D eigenvalue weighted by Crippen LogP contribution is 2.35. The van der Waals surface area contributed by atoms with Gasteiger partial charge in [-0.2, -0.15) is 0 Å². The van der Waals surface area contributed by atoms with Gasteiger partial charge in [0, 0.05) is 12.4 Å². The van der Waals surface area contributed by atoms with Crippen LogP contribution in [0.25, 0.3) is 10.2 Å². The number of fused-ring (bicyclic) bond motifs is 1. The van der Waals surface area contributed by atoms with Crippen LogP contribution in [-0.4, -0.2) is 15.9 Å². The first-order valence-corrected chi connectivity index (χ1v) is 12.1. The van der Waals surface area contributed by atoms with Crippen LogP contribution in [-0.2, 0) is 11.3 Å². The van der Waals surface area contributed by atoms with Crippen molar-refractivity contribution in [3.05, 3.63) is 125 Å². The van der Waals surface area contributed by atoms with Gasteiger partial charge < -0.3 is 0 Å². The normalized spacial score (nSPS) is 11.1. The zero-order valence-corrected chi connectivity index (χ0v) is 20.0. The molecule has 0 bridgehead atoms. The quantitative estimate of drug-likeness (QED) is 0.282. The Morgan fingerprint density at radius 3 is 2.15 bits per heavy atom. The van der Waals surface area contributed by atoms with Crippen molar-refractivity contribution in [2.24, 2.45) is 0 Å². The van der Waals surface area contributed by atoms with E-state index in [0.29, 0.717) is 11.7 Å². The lowest BCUT2D eigenvalue weighted by molar-refractivity contribution is -0.119. The molecule has 0 aliphatic rings. The van der Waals surface area contributed by atoms with Crippen LogP contribution in [0.5, 0.6) is 0 Å². The van der Waals surface area contributed by atoms with Crippen LogP contribution in [0.1, 0.15) is 33.7 Å². The molecule has 0 aliphatic heterocycles. The summed E-state index contributed by atoms with van der Waals surface area (Å²) in [6, 6.07) is 28.1. The lowest BCUT2D eigenvalue weighted by Crippen LogP contribution is -2.35. The van der Waals surface area contributed by atoms with Crippen LogP contribution < -0.4 is 4.90 Å². The second-order valence-electron chi connectivity index (χ2n) is 8.44. The molecule has 0 radical (unpaired) electrons. The fraction of sp³-hybridized carbons (Fsp3) is 0.138. The number of aromatic nitrogens is 2. The third-order valence-corrected chi connectivity index (χ3v) is 7.11. The molecule has 0 atom stereocenters. The largest absolute Gasteiger partial charge is 0.283 e. The van der Waals surface area contributed by atoms with Crippen molar-refractivity contribution in [1.82, 2.24) is 9.97 Å². The van der Waals surface area contributed by atoms with Gasteiger partial charge in [-0.15, -0.1) is 0 Å². The molecule has 5 aromatic rings. The van der Waals surface area contributed by atoms with E-state index in [1.807, 2.05) is 83.9 Å². The Hall–Kier alpha value is -3.83. The number of rotatable bonds is 6. The van der Waals surface area contributed by atoms with Crippen molar-refractivity contribution in [2.75, 3.05) is 4.90 Å². The SMILES string of the molecule is Cc1cc2nc(N(Cc3cccnc3)C(=O)C(c3ccccc3)c3ccccc3)sc2cc1C. The van der Waals surface area contributed by atoms with Crippen LogP contribution in [0.3, 0.4) is 0 Å². The average Bonchev–Trinajstić information content (AvgIpc) is 3.27. The predicted octanol–water partition coefficient (Wildman–Crippen LogP) is 6.67. The van der Waals surface area contributed by atoms with Gasteiger partial charge in [0.25, 0.3) is 0 Å². The van der Waals surface area contributed by atoms with E-state index in [1.165, 1.54) is 11.1 Å². The molecule has 0 spiro atoms. The minimum Gasteiger partial charge on any atom is -0.283 e. The first kappa shape index (κ1) is 22.0. The minimum atomic E-state index is -0.436. The van der Waals surface area contributed by atoms with Gasteiger partial charge in [0.05, 0.1) is 22.7 Å². The molecule has 2 heterocycles. The van der Waals surface area contributed by atoms with E-state index in [9.17, 15) is 4.79 Å². The van der Waals surface area contributed by atoms with Crippen molar-refractivity contribution < 1.29 is 4.79 Å². The Morgan fingerprint density at radius 1 is 0.882 bits per heavy atom. The van der Waals surface area contributed by atoms with E-state index in [4.69, 9.17) is 4.98 Å². The van der Waals surface area contributed by atoms with Crippen molar-refractivity contribution in [3.8, 4) is 0 Å². The minimum absolute atomic E-state index is 0.00578. The number of thiazole rings is 1. The smallest absolute Gasteiger partial charge is 0.241 e. The van der Waals surface area contributed by atoms with Gasteiger partial charge in [0.1, 0.15) is 0 Å². The summed E-state index contributed by atoms with van der Waals surface area (Å²) in [6.45, 7) is 4.60. The van der Waals surface area contributed by atoms with Crippen LogP contribution >= 0.6 is 11.3 Å². The molecule has 5 heteroatoms. The van der Waals surface area contributed by atoms with E-state index >= 15 is 0 Å². The zero-order valence-electron chi connectivity index (χ0n) is 19.2. The van der Waals surface area contributed by atoms with Gasteiger partial charge in [-0.3, -0.25) is 14.7 Å². The van der Waals surface area contributed by atoms with E-state index < -0.39 is 5.92 Å². The van der Waals surface area contributed by atoms with Crippen LogP contribution in [0.4, 0.5) is 5.13 Å². The Bertz CT molecular complexity index is 1340. The molecule has 0 unspecified atom stereocenters. The van der Waals surface area contributed by atoms with E-state index in [0.717, 1.165) is 26.9 Å². The van der Waals surface area contributed by atoms with Crippen LogP contribution in [0.15, 0.2) is 97.3 Å². The Balaban J connectivity index is 1.63. The summed E-state index contributed by atoms with van der Waals surface area (Å²) in [6.07, 6.45) is 3.55. The molecular weight excluding hydrogens is 438 g/mol. The summed E-state index contributed by atoms with van der Waals surface area (Å²) in [4.78, 5) is 25.3. The molecule has 2 aromatic heterocycles. The zero-order chi connectivity index (χ0) is 23.5. The number of aryl methyl sites for hydroxylation is 2. The molecule has 3 aromatic carbocycles. The second-order valence-corrected chi connectivity index (χ2v) is 9.45. The van der Waals surface area contributed by atoms with Gasteiger partial charge >= 0.3 is 0 Å². The average molecular weight is 464 g/mol. The van der Waals surface area contributed by atoms with Gasteiger partial charge in [-0.1, -0.05) is 78.1 Å². The number of amides is 1. The molecule has 4 nitrogen and oxygen atoms in total. The van der Waals surface area contributed by atoms with Crippen LogP contribution in [0, 0.1) is 13.8 Å². The molecule has 5 rings (SSSR count). The fourth-order valence-corrected chi connectivity index (χ4v) is 5.17. The number of anilines is 1. The topological polar surface area (TPSA) is 46.1 Å². The maximum atomic E-state index is 14.3. The summed E-state index contributed by atoms with van der Waals surface area (Å²) < 4.78 is 1.08. The molecule has 0 saturated carbocycles. The van der Waals surface area contributed by atoms with Crippen molar-refractivity contribution >= 4 is 32.6 Å². The summed E-state index contributed by atoms with van der Waals surface area (Å²) in [7, 11) is 0. The Labute approximate surface area is 203 Å².